The second-order valence-corrected chi connectivity index (χ2v) is 9.48. The minimum atomic E-state index is -0.297. The molecule has 0 aromatic heterocycles. The van der Waals surface area contributed by atoms with E-state index in [9.17, 15) is 9.59 Å². The van der Waals surface area contributed by atoms with Crippen LogP contribution in [0, 0.1) is 28.6 Å². The molecule has 6 nitrogen and oxygen atoms in total. The molecule has 1 aliphatic heterocycles. The van der Waals surface area contributed by atoms with Gasteiger partial charge in [0, 0.05) is 36.6 Å². The summed E-state index contributed by atoms with van der Waals surface area (Å²) in [4.78, 5) is 30.5. The standard InChI is InChI=1S/C21H32N2O4/c1-20-7-5-14(23-26-10-9-22)11-13(20)12-18(25)27-19-15-3-4-17(24)21(15,2)8-6-16(19)20/h13,15-16,19H,3-12,22H2,1-2H3/b23-14-/t13?,15-,16-,19-,20-,21-/m0/s1. The smallest absolute Gasteiger partial charge is 0.306 e. The molecule has 0 amide bonds. The summed E-state index contributed by atoms with van der Waals surface area (Å²) in [6, 6.07) is 0. The van der Waals surface area contributed by atoms with Crippen LogP contribution in [-0.2, 0) is 19.2 Å². The van der Waals surface area contributed by atoms with Crippen LogP contribution in [0.4, 0.5) is 0 Å². The maximum atomic E-state index is 12.7. The number of oxime groups is 1. The molecule has 4 fully saturated rings. The van der Waals surface area contributed by atoms with E-state index in [1.54, 1.807) is 0 Å². The highest BCUT2D eigenvalue weighted by Crippen LogP contribution is 2.61. The van der Waals surface area contributed by atoms with Gasteiger partial charge in [-0.2, -0.15) is 0 Å². The summed E-state index contributed by atoms with van der Waals surface area (Å²) in [5.74, 6) is 1.01. The topological polar surface area (TPSA) is 91.0 Å². The fraction of sp³-hybridized carbons (Fsp3) is 0.857. The molecule has 3 aliphatic carbocycles. The van der Waals surface area contributed by atoms with Crippen LogP contribution in [0.3, 0.4) is 0 Å². The average molecular weight is 376 g/mol. The van der Waals surface area contributed by atoms with E-state index in [0.717, 1.165) is 44.2 Å². The number of rotatable bonds is 3. The summed E-state index contributed by atoms with van der Waals surface area (Å²) >= 11 is 0. The van der Waals surface area contributed by atoms with E-state index in [-0.39, 0.29) is 34.7 Å². The lowest BCUT2D eigenvalue weighted by Gasteiger charge is -2.52. The highest BCUT2D eigenvalue weighted by molar-refractivity contribution is 5.88. The van der Waals surface area contributed by atoms with Crippen LogP contribution >= 0.6 is 0 Å². The number of Topliss-reactive ketones (excluding diaryl/α,β-unsaturated/α-hetero) is 1. The zero-order valence-electron chi connectivity index (χ0n) is 16.5. The Labute approximate surface area is 161 Å². The number of carbonyl (C=O) groups is 2. The highest BCUT2D eigenvalue weighted by atomic mass is 16.6. The number of nitrogens with two attached hydrogens (primary N) is 1. The lowest BCUT2D eigenvalue weighted by Crippen LogP contribution is -2.52. The lowest BCUT2D eigenvalue weighted by molar-refractivity contribution is -0.165. The van der Waals surface area contributed by atoms with Gasteiger partial charge in [-0.05, 0) is 49.9 Å². The highest BCUT2D eigenvalue weighted by Gasteiger charge is 2.61. The van der Waals surface area contributed by atoms with Crippen LogP contribution in [-0.4, -0.2) is 36.7 Å². The van der Waals surface area contributed by atoms with Crippen molar-refractivity contribution in [1.29, 1.82) is 0 Å². The Morgan fingerprint density at radius 3 is 2.74 bits per heavy atom. The molecular weight excluding hydrogens is 344 g/mol. The minimum Gasteiger partial charge on any atom is -0.462 e. The number of hydrogen-bond acceptors (Lipinski definition) is 6. The molecule has 6 heteroatoms. The Balaban J connectivity index is 1.60. The van der Waals surface area contributed by atoms with E-state index in [1.807, 2.05) is 0 Å². The van der Waals surface area contributed by atoms with E-state index in [1.165, 1.54) is 0 Å². The quantitative estimate of drug-likeness (QED) is 0.465. The third-order valence-corrected chi connectivity index (χ3v) is 8.20. The summed E-state index contributed by atoms with van der Waals surface area (Å²) < 4.78 is 6.05. The molecule has 0 bridgehead atoms. The van der Waals surface area contributed by atoms with Crippen molar-refractivity contribution in [3.05, 3.63) is 0 Å². The predicted octanol–water partition coefficient (Wildman–Crippen LogP) is 2.84. The Morgan fingerprint density at radius 2 is 1.96 bits per heavy atom. The van der Waals surface area contributed by atoms with Crippen LogP contribution in [0.15, 0.2) is 5.16 Å². The zero-order valence-corrected chi connectivity index (χ0v) is 16.5. The Hall–Kier alpha value is -1.43. The molecule has 0 aromatic rings. The maximum Gasteiger partial charge on any atom is 0.306 e. The van der Waals surface area contributed by atoms with Crippen LogP contribution in [0.25, 0.3) is 0 Å². The number of carbonyl (C=O) groups excluding carboxylic acids is 2. The second-order valence-electron chi connectivity index (χ2n) is 9.48. The average Bonchev–Trinajstić information content (AvgIpc) is 2.87. The maximum absolute atomic E-state index is 12.7. The van der Waals surface area contributed by atoms with E-state index in [2.05, 4.69) is 19.0 Å². The molecule has 1 saturated heterocycles. The number of esters is 1. The fourth-order valence-electron chi connectivity index (χ4n) is 6.42. The molecule has 4 rings (SSSR count). The third kappa shape index (κ3) is 3.00. The van der Waals surface area contributed by atoms with Gasteiger partial charge >= 0.3 is 5.97 Å². The van der Waals surface area contributed by atoms with Crippen molar-refractivity contribution in [2.75, 3.05) is 13.2 Å². The van der Waals surface area contributed by atoms with Crippen molar-refractivity contribution < 1.29 is 19.2 Å². The number of fused-ring (bicyclic) bond motifs is 5. The fourth-order valence-corrected chi connectivity index (χ4v) is 6.42. The molecule has 1 heterocycles. The molecular formula is C21H32N2O4. The van der Waals surface area contributed by atoms with Gasteiger partial charge < -0.3 is 15.3 Å². The summed E-state index contributed by atoms with van der Waals surface area (Å²) in [5.41, 5.74) is 6.26. The van der Waals surface area contributed by atoms with Gasteiger partial charge in [0.25, 0.3) is 0 Å². The van der Waals surface area contributed by atoms with E-state index in [0.29, 0.717) is 37.7 Å². The number of hydrogen-bond donors (Lipinski definition) is 1. The molecule has 0 spiro atoms. The number of ether oxygens (including phenoxy) is 1. The Kier molecular flexibility index (Phi) is 4.81. The van der Waals surface area contributed by atoms with Gasteiger partial charge in [0.05, 0.1) is 5.71 Å². The van der Waals surface area contributed by atoms with Crippen LogP contribution in [0.2, 0.25) is 0 Å². The molecule has 150 valence electrons. The number of ketones is 1. The SMILES string of the molecule is C[C@]12CC/C(=N/OCCN)CC1CC(=O)O[C@@H]1[C@@H]2CC[C@]2(C)C(=O)CC[C@@H]12. The molecule has 0 aromatic carbocycles. The Bertz CT molecular complexity index is 663. The number of nitrogens with zero attached hydrogens (tertiary/aromatic N) is 1. The van der Waals surface area contributed by atoms with Gasteiger partial charge in [0.2, 0.25) is 0 Å². The summed E-state index contributed by atoms with van der Waals surface area (Å²) in [5, 5.41) is 4.27. The first-order valence-electron chi connectivity index (χ1n) is 10.5. The summed E-state index contributed by atoms with van der Waals surface area (Å²) in [7, 11) is 0. The molecule has 3 saturated carbocycles. The van der Waals surface area contributed by atoms with E-state index >= 15 is 0 Å². The van der Waals surface area contributed by atoms with Crippen molar-refractivity contribution >= 4 is 17.5 Å². The van der Waals surface area contributed by atoms with Gasteiger partial charge in [0.1, 0.15) is 18.5 Å². The first-order chi connectivity index (χ1) is 12.9. The first kappa shape index (κ1) is 18.9. The minimum absolute atomic E-state index is 0.0523. The van der Waals surface area contributed by atoms with Crippen molar-refractivity contribution in [2.45, 2.75) is 71.3 Å². The largest absolute Gasteiger partial charge is 0.462 e. The van der Waals surface area contributed by atoms with Crippen LogP contribution in [0.5, 0.6) is 0 Å². The Morgan fingerprint density at radius 1 is 1.15 bits per heavy atom. The van der Waals surface area contributed by atoms with Gasteiger partial charge in [-0.1, -0.05) is 19.0 Å². The van der Waals surface area contributed by atoms with Crippen molar-refractivity contribution in [1.82, 2.24) is 0 Å². The van der Waals surface area contributed by atoms with Gasteiger partial charge in [-0.15, -0.1) is 0 Å². The molecule has 1 unspecified atom stereocenters. The monoisotopic (exact) mass is 376 g/mol. The predicted molar refractivity (Wildman–Crippen MR) is 101 cm³/mol. The van der Waals surface area contributed by atoms with Crippen molar-refractivity contribution in [2.24, 2.45) is 39.5 Å². The van der Waals surface area contributed by atoms with E-state index in [4.69, 9.17) is 15.3 Å². The second kappa shape index (κ2) is 6.87. The molecule has 0 radical (unpaired) electrons. The van der Waals surface area contributed by atoms with Gasteiger partial charge in [0.15, 0.2) is 0 Å². The summed E-state index contributed by atoms with van der Waals surface area (Å²) in [6.07, 6.45) is 6.42. The van der Waals surface area contributed by atoms with E-state index < -0.39 is 0 Å². The van der Waals surface area contributed by atoms with Gasteiger partial charge in [-0.25, -0.2) is 0 Å². The van der Waals surface area contributed by atoms with Gasteiger partial charge in [-0.3, -0.25) is 9.59 Å². The molecule has 2 N–H and O–H groups in total. The third-order valence-electron chi connectivity index (χ3n) is 8.20. The lowest BCUT2D eigenvalue weighted by atomic mass is 9.52. The molecule has 27 heavy (non-hydrogen) atoms. The normalized spacial score (nSPS) is 45.5. The van der Waals surface area contributed by atoms with Crippen LogP contribution in [0.1, 0.15) is 65.2 Å². The summed E-state index contributed by atoms with van der Waals surface area (Å²) in [6.45, 7) is 5.32. The molecule has 4 aliphatic rings. The van der Waals surface area contributed by atoms with Crippen molar-refractivity contribution in [3.63, 3.8) is 0 Å². The molecule has 6 atom stereocenters. The first-order valence-corrected chi connectivity index (χ1v) is 10.5. The van der Waals surface area contributed by atoms with Crippen molar-refractivity contribution in [3.8, 4) is 0 Å². The van der Waals surface area contributed by atoms with Crippen LogP contribution < -0.4 is 5.73 Å². The zero-order chi connectivity index (χ0) is 19.2.